The molecule has 7 rings (SSSR count). The number of likely N-dealkylation sites (tertiary alicyclic amines) is 1. The van der Waals surface area contributed by atoms with Crippen LogP contribution in [0.25, 0.3) is 0 Å². The predicted molar refractivity (Wildman–Crippen MR) is 126 cm³/mol. The van der Waals surface area contributed by atoms with Crippen molar-refractivity contribution in [3.8, 4) is 11.5 Å². The van der Waals surface area contributed by atoms with Crippen LogP contribution in [0.4, 0.5) is 0 Å². The number of hydrogen-bond donors (Lipinski definition) is 1. The van der Waals surface area contributed by atoms with Crippen molar-refractivity contribution < 1.29 is 31.6 Å². The van der Waals surface area contributed by atoms with E-state index in [-0.39, 0.29) is 28.6 Å². The Balaban J connectivity index is 0.000000196. The van der Waals surface area contributed by atoms with E-state index in [4.69, 9.17) is 9.47 Å². The summed E-state index contributed by atoms with van der Waals surface area (Å²) >= 11 is 0. The van der Waals surface area contributed by atoms with Crippen LogP contribution in [0.3, 0.4) is 0 Å². The Bertz CT molecular complexity index is 969. The summed E-state index contributed by atoms with van der Waals surface area (Å²) in [6.07, 6.45) is 25.5. The maximum Gasteiger partial charge on any atom is 2.00 e. The number of piperidine rings is 1. The fourth-order valence-electron chi connectivity index (χ4n) is 6.07. The van der Waals surface area contributed by atoms with E-state index in [9.17, 15) is 5.11 Å². The van der Waals surface area contributed by atoms with Gasteiger partial charge in [-0.25, -0.2) is 24.3 Å². The Morgan fingerprint density at radius 3 is 2.42 bits per heavy atom. The van der Waals surface area contributed by atoms with Crippen molar-refractivity contribution in [3.63, 3.8) is 0 Å². The van der Waals surface area contributed by atoms with E-state index in [1.54, 1.807) is 7.11 Å². The minimum Gasteiger partial charge on any atom is -0.493 e. The van der Waals surface area contributed by atoms with E-state index in [2.05, 4.69) is 48.4 Å². The number of rotatable bonds is 1. The van der Waals surface area contributed by atoms with Crippen molar-refractivity contribution in [2.45, 2.75) is 49.3 Å². The summed E-state index contributed by atoms with van der Waals surface area (Å²) in [5.41, 5.74) is 2.60. The molecule has 4 nitrogen and oxygen atoms in total. The Kier molecular flexibility index (Phi) is 7.35. The van der Waals surface area contributed by atoms with E-state index in [1.807, 2.05) is 36.4 Å². The normalized spacial score (nSPS) is 32.7. The second-order valence-electron chi connectivity index (χ2n) is 9.12. The first-order chi connectivity index (χ1) is 15.7. The molecule has 1 aromatic rings. The summed E-state index contributed by atoms with van der Waals surface area (Å²) in [6.45, 7) is 1.05. The third kappa shape index (κ3) is 4.06. The zero-order valence-electron chi connectivity index (χ0n) is 19.2. The largest absolute Gasteiger partial charge is 2.00 e. The second-order valence-corrected chi connectivity index (χ2v) is 9.12. The molecule has 1 fully saturated rings. The molecule has 1 saturated heterocycles. The number of hydrogen-bond acceptors (Lipinski definition) is 4. The van der Waals surface area contributed by atoms with E-state index in [0.29, 0.717) is 12.0 Å². The van der Waals surface area contributed by atoms with Crippen LogP contribution >= 0.6 is 0 Å². The topological polar surface area (TPSA) is 41.9 Å². The molecule has 0 radical (unpaired) electrons. The SMILES string of the molecule is COc1ccc2c3c1O[C@H]1[C@@H](O)C=C[C@H]4[C@@H](C2)N(C)CC[C@@]341.[C-]1=CC=CC1.[C-]1=CC=CC1.[Fe+2]. The maximum atomic E-state index is 10.6. The van der Waals surface area contributed by atoms with E-state index < -0.39 is 6.10 Å². The van der Waals surface area contributed by atoms with Crippen LogP contribution in [-0.2, 0) is 28.9 Å². The van der Waals surface area contributed by atoms with Gasteiger partial charge in [-0.3, -0.25) is 12.2 Å². The monoisotopic (exact) mass is 485 g/mol. The van der Waals surface area contributed by atoms with Gasteiger partial charge >= 0.3 is 17.1 Å². The number of aliphatic hydroxyl groups excluding tert-OH is 1. The molecule has 1 spiro atoms. The van der Waals surface area contributed by atoms with Gasteiger partial charge in [0.25, 0.3) is 0 Å². The van der Waals surface area contributed by atoms with Gasteiger partial charge in [-0.2, -0.15) is 12.2 Å². The first kappa shape index (κ1) is 24.1. The summed E-state index contributed by atoms with van der Waals surface area (Å²) in [5.74, 6) is 2.09. The molecule has 33 heavy (non-hydrogen) atoms. The Morgan fingerprint density at radius 2 is 1.85 bits per heavy atom. The number of aliphatic hydroxyl groups is 1. The van der Waals surface area contributed by atoms with Crippen LogP contribution in [0, 0.1) is 18.1 Å². The Morgan fingerprint density at radius 1 is 1.12 bits per heavy atom. The minimum atomic E-state index is -0.539. The summed E-state index contributed by atoms with van der Waals surface area (Å²) in [7, 11) is 3.91. The minimum absolute atomic E-state index is 0. The first-order valence-corrected chi connectivity index (χ1v) is 11.5. The fourth-order valence-corrected chi connectivity index (χ4v) is 6.07. The molecule has 6 aliphatic rings. The van der Waals surface area contributed by atoms with Crippen LogP contribution in [0.5, 0.6) is 11.5 Å². The molecule has 0 aromatic heterocycles. The van der Waals surface area contributed by atoms with Crippen molar-refractivity contribution in [1.29, 1.82) is 0 Å². The Labute approximate surface area is 207 Å². The van der Waals surface area contributed by atoms with E-state index >= 15 is 0 Å². The number of benzene rings is 1. The molecule has 174 valence electrons. The average molecular weight is 485 g/mol. The van der Waals surface area contributed by atoms with E-state index in [0.717, 1.165) is 43.7 Å². The zero-order chi connectivity index (χ0) is 22.1. The molecule has 5 atom stereocenters. The third-order valence-electron chi connectivity index (χ3n) is 7.53. The van der Waals surface area contributed by atoms with Crippen molar-refractivity contribution in [3.05, 3.63) is 84.0 Å². The number of allylic oxidation sites excluding steroid dienone is 8. The number of ether oxygens (including phenoxy) is 2. The van der Waals surface area contributed by atoms with Crippen molar-refractivity contribution in [1.82, 2.24) is 4.90 Å². The number of methoxy groups -OCH3 is 1. The van der Waals surface area contributed by atoms with E-state index in [1.165, 1.54) is 11.1 Å². The van der Waals surface area contributed by atoms with Crippen LogP contribution in [-0.4, -0.2) is 49.0 Å². The predicted octanol–water partition coefficient (Wildman–Crippen LogP) is 4.11. The van der Waals surface area contributed by atoms with Crippen LogP contribution in [0.15, 0.2) is 60.7 Å². The maximum absolute atomic E-state index is 10.6. The van der Waals surface area contributed by atoms with Gasteiger partial charge in [0.05, 0.1) is 7.11 Å². The van der Waals surface area contributed by atoms with Gasteiger partial charge in [0.2, 0.25) is 0 Å². The van der Waals surface area contributed by atoms with Crippen molar-refractivity contribution in [2.24, 2.45) is 5.92 Å². The van der Waals surface area contributed by atoms with Gasteiger partial charge in [-0.05, 0) is 38.1 Å². The van der Waals surface area contributed by atoms with Gasteiger partial charge in [-0.15, -0.1) is 12.8 Å². The zero-order valence-corrected chi connectivity index (χ0v) is 20.3. The molecule has 1 aromatic carbocycles. The van der Waals surface area contributed by atoms with Gasteiger partial charge in [0.1, 0.15) is 12.2 Å². The molecular weight excluding hydrogens is 454 g/mol. The smallest absolute Gasteiger partial charge is 0.493 e. The van der Waals surface area contributed by atoms with Gasteiger partial charge in [0.15, 0.2) is 11.5 Å². The quantitative estimate of drug-likeness (QED) is 0.370. The van der Waals surface area contributed by atoms with Gasteiger partial charge in [-0.1, -0.05) is 18.2 Å². The molecule has 4 aliphatic carbocycles. The molecule has 1 N–H and O–H groups in total. The number of nitrogens with zero attached hydrogens (tertiary/aromatic N) is 1. The molecule has 0 amide bonds. The summed E-state index contributed by atoms with van der Waals surface area (Å²) in [6, 6.07) is 4.70. The molecular formula is C28H31FeNO3. The number of likely N-dealkylation sites (N-methyl/N-ethyl adjacent to an activating group) is 1. The van der Waals surface area contributed by atoms with Crippen LogP contribution in [0.1, 0.15) is 30.4 Å². The summed E-state index contributed by atoms with van der Waals surface area (Å²) in [5, 5.41) is 10.6. The fraction of sp³-hybridized carbons (Fsp3) is 0.429. The average Bonchev–Trinajstić information content (AvgIpc) is 3.60. The summed E-state index contributed by atoms with van der Waals surface area (Å²) < 4.78 is 11.8. The summed E-state index contributed by atoms with van der Waals surface area (Å²) in [4.78, 5) is 2.47. The van der Waals surface area contributed by atoms with Crippen molar-refractivity contribution >= 4 is 0 Å². The van der Waals surface area contributed by atoms with Crippen LogP contribution < -0.4 is 9.47 Å². The molecule has 5 heteroatoms. The molecule has 0 unspecified atom stereocenters. The standard InChI is InChI=1S/C18H21NO3.2C5H5.Fe/c1-19-8-7-18-11-4-5-13(20)17(18)22-16-14(21-2)6-3-10(15(16)18)9-12(11)19;2*1-2-4-5-3-1;/h3-6,11-13,17,20H,7-9H2,1-2H3;2*1-3H,4H2;/q;2*-1;+2/t11-,12+,13-,17-,18-;;;/m0.../s1. The Hall–Kier alpha value is -2.04. The van der Waals surface area contributed by atoms with Crippen molar-refractivity contribution in [2.75, 3.05) is 20.7 Å². The molecule has 2 heterocycles. The van der Waals surface area contributed by atoms with Crippen LogP contribution in [0.2, 0.25) is 0 Å². The second kappa shape index (κ2) is 10.1. The first-order valence-electron chi connectivity index (χ1n) is 11.5. The molecule has 2 bridgehead atoms. The van der Waals surface area contributed by atoms with Gasteiger partial charge < -0.3 is 19.5 Å². The molecule has 2 aliphatic heterocycles. The molecule has 0 saturated carbocycles. The van der Waals surface area contributed by atoms with Gasteiger partial charge in [0, 0.05) is 22.9 Å². The third-order valence-corrected chi connectivity index (χ3v) is 7.53.